The second kappa shape index (κ2) is 7.34. The quantitative estimate of drug-likeness (QED) is 0.733. The van der Waals surface area contributed by atoms with E-state index in [0.717, 1.165) is 18.6 Å². The summed E-state index contributed by atoms with van der Waals surface area (Å²) in [5.74, 6) is 0. The van der Waals surface area contributed by atoms with Crippen molar-refractivity contribution in [3.63, 3.8) is 0 Å². The maximum absolute atomic E-state index is 3.60. The highest BCUT2D eigenvalue weighted by Crippen LogP contribution is 2.18. The minimum absolute atomic E-state index is 0.599. The van der Waals surface area contributed by atoms with Gasteiger partial charge in [0.05, 0.1) is 0 Å². The van der Waals surface area contributed by atoms with E-state index in [9.17, 15) is 0 Å². The van der Waals surface area contributed by atoms with E-state index in [1.54, 1.807) is 0 Å². The van der Waals surface area contributed by atoms with Gasteiger partial charge in [-0.25, -0.2) is 0 Å². The van der Waals surface area contributed by atoms with Crippen molar-refractivity contribution in [3.05, 3.63) is 0 Å². The van der Waals surface area contributed by atoms with Crippen LogP contribution in [0.2, 0.25) is 0 Å². The molecule has 102 valence electrons. The van der Waals surface area contributed by atoms with E-state index < -0.39 is 0 Å². The van der Waals surface area contributed by atoms with Gasteiger partial charge in [0.15, 0.2) is 0 Å². The third kappa shape index (κ3) is 4.94. The maximum Gasteiger partial charge on any atom is 0.0229 e. The molecule has 1 saturated heterocycles. The Labute approximate surface area is 108 Å². The van der Waals surface area contributed by atoms with Gasteiger partial charge in [-0.05, 0) is 26.9 Å². The Morgan fingerprint density at radius 2 is 2.06 bits per heavy atom. The molecule has 1 aliphatic rings. The number of rotatable bonds is 7. The van der Waals surface area contributed by atoms with Gasteiger partial charge in [-0.1, -0.05) is 27.2 Å². The van der Waals surface area contributed by atoms with E-state index in [-0.39, 0.29) is 0 Å². The lowest BCUT2D eigenvalue weighted by atomic mass is 10.1. The van der Waals surface area contributed by atoms with Crippen LogP contribution in [0.1, 0.15) is 40.0 Å². The van der Waals surface area contributed by atoms with Gasteiger partial charge in [0.25, 0.3) is 0 Å². The van der Waals surface area contributed by atoms with Crippen LogP contribution in [-0.4, -0.2) is 61.7 Å². The van der Waals surface area contributed by atoms with Crippen LogP contribution < -0.4 is 5.32 Å². The van der Waals surface area contributed by atoms with Gasteiger partial charge < -0.3 is 10.2 Å². The smallest absolute Gasteiger partial charge is 0.0229 e. The van der Waals surface area contributed by atoms with Gasteiger partial charge in [0.1, 0.15) is 0 Å². The molecule has 0 aliphatic carbocycles. The zero-order valence-electron chi connectivity index (χ0n) is 12.4. The summed E-state index contributed by atoms with van der Waals surface area (Å²) in [4.78, 5) is 5.06. The lowest BCUT2D eigenvalue weighted by Crippen LogP contribution is -2.44. The van der Waals surface area contributed by atoms with Crippen molar-refractivity contribution in [1.82, 2.24) is 15.1 Å². The zero-order chi connectivity index (χ0) is 12.8. The van der Waals surface area contributed by atoms with Crippen molar-refractivity contribution in [1.29, 1.82) is 0 Å². The Kier molecular flexibility index (Phi) is 6.45. The van der Waals surface area contributed by atoms with Crippen LogP contribution >= 0.6 is 0 Å². The number of hydrogen-bond donors (Lipinski definition) is 1. The van der Waals surface area contributed by atoms with Gasteiger partial charge in [-0.3, -0.25) is 4.90 Å². The molecule has 0 aromatic rings. The number of nitrogens with zero attached hydrogens (tertiary/aromatic N) is 2. The maximum atomic E-state index is 3.60. The van der Waals surface area contributed by atoms with Gasteiger partial charge >= 0.3 is 0 Å². The molecule has 17 heavy (non-hydrogen) atoms. The third-order valence-corrected chi connectivity index (χ3v) is 3.83. The summed E-state index contributed by atoms with van der Waals surface area (Å²) in [7, 11) is 4.41. The highest BCUT2D eigenvalue weighted by atomic mass is 15.3. The standard InChI is InChI=1S/C14H31N3/c1-6-7-13(10-15-12(2)3)17-9-8-14(11-17)16(4)5/h12-15H,6-11H2,1-5H3. The van der Waals surface area contributed by atoms with Gasteiger partial charge in [-0.15, -0.1) is 0 Å². The van der Waals surface area contributed by atoms with Crippen LogP contribution in [0, 0.1) is 0 Å². The normalized spacial score (nSPS) is 23.8. The number of nitrogens with one attached hydrogen (secondary N) is 1. The zero-order valence-corrected chi connectivity index (χ0v) is 12.4. The summed E-state index contributed by atoms with van der Waals surface area (Å²) in [6, 6.07) is 2.09. The average molecular weight is 241 g/mol. The molecule has 0 aromatic carbocycles. The highest BCUT2D eigenvalue weighted by molar-refractivity contribution is 4.86. The minimum atomic E-state index is 0.599. The fourth-order valence-electron chi connectivity index (χ4n) is 2.64. The Hall–Kier alpha value is -0.120. The fraction of sp³-hybridized carbons (Fsp3) is 1.00. The minimum Gasteiger partial charge on any atom is -0.313 e. The monoisotopic (exact) mass is 241 g/mol. The van der Waals surface area contributed by atoms with E-state index in [1.165, 1.54) is 32.4 Å². The average Bonchev–Trinajstić information content (AvgIpc) is 2.73. The van der Waals surface area contributed by atoms with Crippen LogP contribution in [0.15, 0.2) is 0 Å². The number of likely N-dealkylation sites (N-methyl/N-ethyl adjacent to an activating group) is 1. The van der Waals surface area contributed by atoms with E-state index >= 15 is 0 Å². The molecule has 2 atom stereocenters. The van der Waals surface area contributed by atoms with Gasteiger partial charge in [-0.2, -0.15) is 0 Å². The second-order valence-corrected chi connectivity index (χ2v) is 5.91. The van der Waals surface area contributed by atoms with E-state index in [2.05, 4.69) is 50.0 Å². The van der Waals surface area contributed by atoms with Crippen LogP contribution in [-0.2, 0) is 0 Å². The molecule has 0 radical (unpaired) electrons. The summed E-state index contributed by atoms with van der Waals surface area (Å²) in [6.07, 6.45) is 3.93. The Morgan fingerprint density at radius 3 is 2.53 bits per heavy atom. The molecule has 0 spiro atoms. The predicted molar refractivity (Wildman–Crippen MR) is 75.5 cm³/mol. The number of likely N-dealkylation sites (tertiary alicyclic amines) is 1. The Bertz CT molecular complexity index is 204. The first-order chi connectivity index (χ1) is 8.04. The molecule has 0 aromatic heterocycles. The topological polar surface area (TPSA) is 18.5 Å². The Balaban J connectivity index is 2.42. The van der Waals surface area contributed by atoms with Crippen molar-refractivity contribution in [2.75, 3.05) is 33.7 Å². The van der Waals surface area contributed by atoms with Crippen LogP contribution in [0.4, 0.5) is 0 Å². The van der Waals surface area contributed by atoms with Crippen LogP contribution in [0.25, 0.3) is 0 Å². The largest absolute Gasteiger partial charge is 0.313 e. The van der Waals surface area contributed by atoms with E-state index in [1.807, 2.05) is 0 Å². The Morgan fingerprint density at radius 1 is 1.35 bits per heavy atom. The lowest BCUT2D eigenvalue weighted by molar-refractivity contribution is 0.198. The van der Waals surface area contributed by atoms with Crippen molar-refractivity contribution in [3.8, 4) is 0 Å². The van der Waals surface area contributed by atoms with Gasteiger partial charge in [0, 0.05) is 37.8 Å². The molecular weight excluding hydrogens is 210 g/mol. The van der Waals surface area contributed by atoms with Crippen molar-refractivity contribution in [2.45, 2.75) is 58.2 Å². The fourth-order valence-corrected chi connectivity index (χ4v) is 2.64. The first kappa shape index (κ1) is 14.9. The molecule has 2 unspecified atom stereocenters. The molecule has 1 N–H and O–H groups in total. The van der Waals surface area contributed by atoms with Gasteiger partial charge in [0.2, 0.25) is 0 Å². The summed E-state index contributed by atoms with van der Waals surface area (Å²) in [6.45, 7) is 10.4. The molecule has 1 fully saturated rings. The van der Waals surface area contributed by atoms with Crippen molar-refractivity contribution in [2.24, 2.45) is 0 Å². The highest BCUT2D eigenvalue weighted by Gasteiger charge is 2.28. The molecule has 0 amide bonds. The summed E-state index contributed by atoms with van der Waals surface area (Å²) >= 11 is 0. The second-order valence-electron chi connectivity index (χ2n) is 5.91. The summed E-state index contributed by atoms with van der Waals surface area (Å²) in [5.41, 5.74) is 0. The molecule has 3 heteroatoms. The van der Waals surface area contributed by atoms with Crippen molar-refractivity contribution >= 4 is 0 Å². The van der Waals surface area contributed by atoms with E-state index in [0.29, 0.717) is 6.04 Å². The summed E-state index contributed by atoms with van der Waals surface area (Å²) in [5, 5.41) is 3.60. The van der Waals surface area contributed by atoms with Crippen LogP contribution in [0.3, 0.4) is 0 Å². The molecule has 3 nitrogen and oxygen atoms in total. The molecule has 0 saturated carbocycles. The molecule has 1 aliphatic heterocycles. The van der Waals surface area contributed by atoms with Crippen molar-refractivity contribution < 1.29 is 0 Å². The lowest BCUT2D eigenvalue weighted by Gasteiger charge is -2.29. The molecule has 1 rings (SSSR count). The SMILES string of the molecule is CCCC(CNC(C)C)N1CCC(N(C)C)C1. The third-order valence-electron chi connectivity index (χ3n) is 3.83. The molecule has 0 bridgehead atoms. The van der Waals surface area contributed by atoms with Crippen LogP contribution in [0.5, 0.6) is 0 Å². The van der Waals surface area contributed by atoms with E-state index in [4.69, 9.17) is 0 Å². The first-order valence-electron chi connectivity index (χ1n) is 7.18. The number of hydrogen-bond acceptors (Lipinski definition) is 3. The molecule has 1 heterocycles. The first-order valence-corrected chi connectivity index (χ1v) is 7.18. The summed E-state index contributed by atoms with van der Waals surface area (Å²) < 4.78 is 0. The molecular formula is C14H31N3. The predicted octanol–water partition coefficient (Wildman–Crippen LogP) is 1.79.